The summed E-state index contributed by atoms with van der Waals surface area (Å²) in [5, 5.41) is 8.90. The third-order valence-corrected chi connectivity index (χ3v) is 2.88. The largest absolute Gasteiger partial charge is 0.415 e. The van der Waals surface area contributed by atoms with Crippen LogP contribution in [0, 0.1) is 5.92 Å². The number of nitrogens with zero attached hydrogens (tertiary/aromatic N) is 1. The van der Waals surface area contributed by atoms with Gasteiger partial charge in [0, 0.05) is 13.1 Å². The second-order valence-electron chi connectivity index (χ2n) is 4.26. The summed E-state index contributed by atoms with van der Waals surface area (Å²) in [5.41, 5.74) is 0. The van der Waals surface area contributed by atoms with Crippen LogP contribution in [0.2, 0.25) is 0 Å². The van der Waals surface area contributed by atoms with Crippen molar-refractivity contribution in [3.63, 3.8) is 0 Å². The van der Waals surface area contributed by atoms with Gasteiger partial charge in [0.25, 0.3) is 0 Å². The highest BCUT2D eigenvalue weighted by Crippen LogP contribution is 2.25. The van der Waals surface area contributed by atoms with E-state index >= 15 is 0 Å². The van der Waals surface area contributed by atoms with E-state index in [1.165, 1.54) is 0 Å². The highest BCUT2D eigenvalue weighted by atomic mass is 19.4. The fraction of sp³-hybridized carbons (Fsp3) is 1.00. The SMILES string of the molecule is CCCC1CCN(CC(O)C(F)(F)F)C1. The Balaban J connectivity index is 2.30. The molecule has 90 valence electrons. The first kappa shape index (κ1) is 12.8. The lowest BCUT2D eigenvalue weighted by Gasteiger charge is -2.21. The third kappa shape index (κ3) is 3.99. The minimum Gasteiger partial charge on any atom is -0.382 e. The Kier molecular flexibility index (Phi) is 4.40. The first-order valence-corrected chi connectivity index (χ1v) is 5.40. The molecule has 1 aliphatic heterocycles. The normalized spacial score (nSPS) is 25.8. The summed E-state index contributed by atoms with van der Waals surface area (Å²) in [6, 6.07) is 0. The first-order valence-electron chi connectivity index (χ1n) is 5.40. The number of aliphatic hydroxyl groups is 1. The Hall–Kier alpha value is -0.290. The zero-order valence-electron chi connectivity index (χ0n) is 8.93. The predicted octanol–water partition coefficient (Wildman–Crippen LogP) is 2.03. The molecule has 2 nitrogen and oxygen atoms in total. The quantitative estimate of drug-likeness (QED) is 0.791. The fourth-order valence-electron chi connectivity index (χ4n) is 2.07. The maximum Gasteiger partial charge on any atom is 0.415 e. The van der Waals surface area contributed by atoms with Gasteiger partial charge >= 0.3 is 6.18 Å². The summed E-state index contributed by atoms with van der Waals surface area (Å²) < 4.78 is 36.2. The Bertz CT molecular complexity index is 196. The van der Waals surface area contributed by atoms with Gasteiger partial charge < -0.3 is 10.0 Å². The van der Waals surface area contributed by atoms with E-state index in [-0.39, 0.29) is 6.54 Å². The Labute approximate surface area is 88.1 Å². The van der Waals surface area contributed by atoms with Crippen molar-refractivity contribution in [2.24, 2.45) is 5.92 Å². The standard InChI is InChI=1S/C10H18F3NO/c1-2-3-8-4-5-14(6-8)7-9(15)10(11,12)13/h8-9,15H,2-7H2,1H3. The van der Waals surface area contributed by atoms with Crippen LogP contribution in [0.25, 0.3) is 0 Å². The molecule has 0 aromatic carbocycles. The number of aliphatic hydroxyl groups excluding tert-OH is 1. The number of rotatable bonds is 4. The van der Waals surface area contributed by atoms with Crippen molar-refractivity contribution in [2.75, 3.05) is 19.6 Å². The van der Waals surface area contributed by atoms with E-state index in [0.717, 1.165) is 19.3 Å². The predicted molar refractivity (Wildman–Crippen MR) is 51.5 cm³/mol. The number of β-amino-alcohol motifs (C(OH)–C–C–N with tert-alkyl or cyclic N) is 1. The topological polar surface area (TPSA) is 23.5 Å². The number of hydrogen-bond acceptors (Lipinski definition) is 2. The zero-order valence-corrected chi connectivity index (χ0v) is 8.93. The lowest BCUT2D eigenvalue weighted by Crippen LogP contribution is -2.40. The van der Waals surface area contributed by atoms with Crippen molar-refractivity contribution in [1.29, 1.82) is 0 Å². The number of likely N-dealkylation sites (tertiary alicyclic amines) is 1. The molecule has 1 rings (SSSR count). The maximum atomic E-state index is 12.1. The van der Waals surface area contributed by atoms with Crippen LogP contribution in [0.5, 0.6) is 0 Å². The van der Waals surface area contributed by atoms with Gasteiger partial charge in [0.1, 0.15) is 0 Å². The maximum absolute atomic E-state index is 12.1. The zero-order chi connectivity index (χ0) is 11.5. The molecule has 0 aliphatic carbocycles. The van der Waals surface area contributed by atoms with E-state index in [4.69, 9.17) is 5.11 Å². The molecule has 2 unspecified atom stereocenters. The van der Waals surface area contributed by atoms with Crippen molar-refractivity contribution < 1.29 is 18.3 Å². The van der Waals surface area contributed by atoms with Crippen LogP contribution >= 0.6 is 0 Å². The molecule has 1 aliphatic rings. The number of hydrogen-bond donors (Lipinski definition) is 1. The number of halogens is 3. The molecular weight excluding hydrogens is 207 g/mol. The highest BCUT2D eigenvalue weighted by Gasteiger charge is 2.40. The van der Waals surface area contributed by atoms with Crippen LogP contribution in [-0.2, 0) is 0 Å². The smallest absolute Gasteiger partial charge is 0.382 e. The molecule has 15 heavy (non-hydrogen) atoms. The van der Waals surface area contributed by atoms with E-state index < -0.39 is 12.3 Å². The van der Waals surface area contributed by atoms with Gasteiger partial charge in [-0.05, 0) is 25.3 Å². The molecule has 1 fully saturated rings. The third-order valence-electron chi connectivity index (χ3n) is 2.88. The molecule has 0 aromatic heterocycles. The molecule has 1 saturated heterocycles. The molecule has 0 saturated carbocycles. The average Bonchev–Trinajstić information content (AvgIpc) is 2.51. The Morgan fingerprint density at radius 2 is 2.13 bits per heavy atom. The summed E-state index contributed by atoms with van der Waals surface area (Å²) in [4.78, 5) is 1.71. The van der Waals surface area contributed by atoms with Crippen LogP contribution in [0.15, 0.2) is 0 Å². The van der Waals surface area contributed by atoms with Crippen LogP contribution in [0.1, 0.15) is 26.2 Å². The Morgan fingerprint density at radius 1 is 1.47 bits per heavy atom. The van der Waals surface area contributed by atoms with Gasteiger partial charge in [-0.1, -0.05) is 13.3 Å². The molecule has 2 atom stereocenters. The van der Waals surface area contributed by atoms with Crippen molar-refractivity contribution in [3.8, 4) is 0 Å². The molecule has 0 aromatic rings. The van der Waals surface area contributed by atoms with Crippen LogP contribution in [0.3, 0.4) is 0 Å². The summed E-state index contributed by atoms with van der Waals surface area (Å²) in [6.07, 6.45) is -3.59. The molecule has 1 heterocycles. The molecule has 0 spiro atoms. The van der Waals surface area contributed by atoms with Gasteiger partial charge in [-0.3, -0.25) is 0 Å². The highest BCUT2D eigenvalue weighted by molar-refractivity contribution is 4.79. The van der Waals surface area contributed by atoms with Crippen molar-refractivity contribution in [2.45, 2.75) is 38.5 Å². The Morgan fingerprint density at radius 3 is 2.67 bits per heavy atom. The molecule has 1 N–H and O–H groups in total. The monoisotopic (exact) mass is 225 g/mol. The summed E-state index contributed by atoms with van der Waals surface area (Å²) in [5.74, 6) is 0.510. The van der Waals surface area contributed by atoms with Crippen molar-refractivity contribution >= 4 is 0 Å². The van der Waals surface area contributed by atoms with E-state index in [9.17, 15) is 13.2 Å². The fourth-order valence-corrected chi connectivity index (χ4v) is 2.07. The molecule has 5 heteroatoms. The van der Waals surface area contributed by atoms with Gasteiger partial charge in [0.05, 0.1) is 0 Å². The van der Waals surface area contributed by atoms with E-state index in [2.05, 4.69) is 6.92 Å². The van der Waals surface area contributed by atoms with E-state index in [1.807, 2.05) is 0 Å². The number of alkyl halides is 3. The second-order valence-corrected chi connectivity index (χ2v) is 4.26. The first-order chi connectivity index (χ1) is 6.93. The van der Waals surface area contributed by atoms with Gasteiger partial charge in [-0.25, -0.2) is 0 Å². The molecular formula is C10H18F3NO. The van der Waals surface area contributed by atoms with Gasteiger partial charge in [0.2, 0.25) is 0 Å². The van der Waals surface area contributed by atoms with Gasteiger partial charge in [-0.2, -0.15) is 13.2 Å². The van der Waals surface area contributed by atoms with Crippen molar-refractivity contribution in [1.82, 2.24) is 4.90 Å². The van der Waals surface area contributed by atoms with Gasteiger partial charge in [-0.15, -0.1) is 0 Å². The summed E-state index contributed by atoms with van der Waals surface area (Å²) >= 11 is 0. The van der Waals surface area contributed by atoms with Crippen LogP contribution in [-0.4, -0.2) is 41.9 Å². The van der Waals surface area contributed by atoms with E-state index in [0.29, 0.717) is 19.0 Å². The van der Waals surface area contributed by atoms with E-state index in [1.54, 1.807) is 4.90 Å². The van der Waals surface area contributed by atoms with Crippen molar-refractivity contribution in [3.05, 3.63) is 0 Å². The minimum absolute atomic E-state index is 0.274. The molecule has 0 radical (unpaired) electrons. The average molecular weight is 225 g/mol. The summed E-state index contributed by atoms with van der Waals surface area (Å²) in [7, 11) is 0. The van der Waals surface area contributed by atoms with Crippen LogP contribution in [0.4, 0.5) is 13.2 Å². The van der Waals surface area contributed by atoms with Crippen LogP contribution < -0.4 is 0 Å². The lowest BCUT2D eigenvalue weighted by atomic mass is 10.0. The van der Waals surface area contributed by atoms with Gasteiger partial charge in [0.15, 0.2) is 6.10 Å². The second kappa shape index (κ2) is 5.16. The minimum atomic E-state index is -4.48. The summed E-state index contributed by atoms with van der Waals surface area (Å²) in [6.45, 7) is 3.18. The molecule has 0 bridgehead atoms. The molecule has 0 amide bonds. The lowest BCUT2D eigenvalue weighted by molar-refractivity contribution is -0.207.